The zero-order valence-corrected chi connectivity index (χ0v) is 13.4. The van der Waals surface area contributed by atoms with Crippen molar-refractivity contribution in [3.05, 3.63) is 29.6 Å². The molecule has 0 aliphatic carbocycles. The second-order valence-corrected chi connectivity index (χ2v) is 8.59. The average Bonchev–Trinajstić information content (AvgIpc) is 2.26. The summed E-state index contributed by atoms with van der Waals surface area (Å²) in [4.78, 5) is 0. The topological polar surface area (TPSA) is 60.4 Å². The second-order valence-electron chi connectivity index (χ2n) is 4.90. The number of hydrogen-bond donors (Lipinski definition) is 0. The van der Waals surface area contributed by atoms with Gasteiger partial charge >= 0.3 is 0 Å². The summed E-state index contributed by atoms with van der Waals surface area (Å²) in [6.07, 6.45) is 1.15. The maximum absolute atomic E-state index is 13.2. The molecule has 0 saturated carbocycles. The molecular formula is C13H19FO4S2. The number of benzene rings is 1. The standard InChI is InChI=1S/C13H19FO4S2/c1-10(9-20(3,16)17)7-19(15)8-11-6-12(14)4-5-13(11)18-2/h4-6,10H,7-9H2,1-3H3/t10-,19+/m1/s1. The van der Waals surface area contributed by atoms with Crippen molar-refractivity contribution < 1.29 is 21.8 Å². The second kappa shape index (κ2) is 7.17. The zero-order valence-electron chi connectivity index (χ0n) is 11.8. The molecule has 0 unspecified atom stereocenters. The van der Waals surface area contributed by atoms with Gasteiger partial charge in [0.05, 0.1) is 18.6 Å². The molecule has 0 spiro atoms. The third kappa shape index (κ3) is 6.00. The molecule has 20 heavy (non-hydrogen) atoms. The Morgan fingerprint density at radius 1 is 1.40 bits per heavy atom. The highest BCUT2D eigenvalue weighted by Gasteiger charge is 2.15. The number of rotatable bonds is 7. The van der Waals surface area contributed by atoms with Crippen LogP contribution >= 0.6 is 0 Å². The van der Waals surface area contributed by atoms with Crippen LogP contribution in [0.5, 0.6) is 5.75 Å². The summed E-state index contributed by atoms with van der Waals surface area (Å²) in [6.45, 7) is 1.74. The van der Waals surface area contributed by atoms with Gasteiger partial charge in [-0.05, 0) is 24.1 Å². The van der Waals surface area contributed by atoms with Gasteiger partial charge in [-0.3, -0.25) is 4.21 Å². The highest BCUT2D eigenvalue weighted by molar-refractivity contribution is 7.90. The van der Waals surface area contributed by atoms with E-state index in [1.165, 1.54) is 25.3 Å². The Bertz CT molecular complexity index is 584. The minimum absolute atomic E-state index is 0.000967. The molecule has 0 heterocycles. The monoisotopic (exact) mass is 322 g/mol. The fourth-order valence-corrected chi connectivity index (χ4v) is 4.72. The van der Waals surface area contributed by atoms with Gasteiger partial charge in [-0.25, -0.2) is 12.8 Å². The van der Waals surface area contributed by atoms with Gasteiger partial charge in [0.25, 0.3) is 0 Å². The van der Waals surface area contributed by atoms with E-state index in [2.05, 4.69) is 0 Å². The molecule has 0 bridgehead atoms. The predicted molar refractivity (Wildman–Crippen MR) is 78.5 cm³/mol. The van der Waals surface area contributed by atoms with Gasteiger partial charge in [0.15, 0.2) is 0 Å². The Hall–Kier alpha value is -0.950. The lowest BCUT2D eigenvalue weighted by atomic mass is 10.2. The van der Waals surface area contributed by atoms with Crippen LogP contribution in [-0.4, -0.2) is 37.5 Å². The molecule has 0 aliphatic heterocycles. The molecule has 0 N–H and O–H groups in total. The SMILES string of the molecule is COc1ccc(F)cc1C[S@@](=O)C[C@@H](C)CS(C)(=O)=O. The molecule has 7 heteroatoms. The van der Waals surface area contributed by atoms with Crippen molar-refractivity contribution in [3.8, 4) is 5.75 Å². The zero-order chi connectivity index (χ0) is 15.3. The molecule has 1 aromatic carbocycles. The van der Waals surface area contributed by atoms with Crippen LogP contribution in [0.4, 0.5) is 4.39 Å². The minimum Gasteiger partial charge on any atom is -0.496 e. The van der Waals surface area contributed by atoms with Crippen LogP contribution in [-0.2, 0) is 26.4 Å². The van der Waals surface area contributed by atoms with E-state index in [0.717, 1.165) is 6.26 Å². The number of methoxy groups -OCH3 is 1. The molecule has 0 saturated heterocycles. The minimum atomic E-state index is -3.08. The van der Waals surface area contributed by atoms with Crippen molar-refractivity contribution >= 4 is 20.6 Å². The summed E-state index contributed by atoms with van der Waals surface area (Å²) in [6, 6.07) is 4.05. The van der Waals surface area contributed by atoms with Crippen molar-refractivity contribution in [1.82, 2.24) is 0 Å². The van der Waals surface area contributed by atoms with Crippen LogP contribution in [0.15, 0.2) is 18.2 Å². The van der Waals surface area contributed by atoms with Crippen molar-refractivity contribution in [3.63, 3.8) is 0 Å². The Morgan fingerprint density at radius 2 is 2.05 bits per heavy atom. The van der Waals surface area contributed by atoms with Gasteiger partial charge in [-0.1, -0.05) is 6.92 Å². The molecule has 0 aliphatic rings. The summed E-state index contributed by atoms with van der Waals surface area (Å²) in [5.41, 5.74) is 0.525. The third-order valence-corrected chi connectivity index (χ3v) is 5.36. The molecule has 114 valence electrons. The molecule has 4 nitrogen and oxygen atoms in total. The van der Waals surface area contributed by atoms with E-state index < -0.39 is 26.5 Å². The Kier molecular flexibility index (Phi) is 6.13. The third-order valence-electron chi connectivity index (χ3n) is 2.62. The molecular weight excluding hydrogens is 303 g/mol. The Balaban J connectivity index is 2.69. The van der Waals surface area contributed by atoms with Crippen LogP contribution in [0.3, 0.4) is 0 Å². The van der Waals surface area contributed by atoms with Crippen molar-refractivity contribution in [2.24, 2.45) is 5.92 Å². The van der Waals surface area contributed by atoms with E-state index in [0.29, 0.717) is 11.3 Å². The van der Waals surface area contributed by atoms with E-state index in [1.807, 2.05) is 0 Å². The quantitative estimate of drug-likeness (QED) is 0.767. The van der Waals surface area contributed by atoms with E-state index in [-0.39, 0.29) is 23.2 Å². The van der Waals surface area contributed by atoms with Crippen LogP contribution in [0.1, 0.15) is 12.5 Å². The predicted octanol–water partition coefficient (Wildman–Crippen LogP) is 1.76. The Morgan fingerprint density at radius 3 is 2.60 bits per heavy atom. The lowest BCUT2D eigenvalue weighted by molar-refractivity contribution is 0.410. The van der Waals surface area contributed by atoms with Gasteiger partial charge in [0, 0.05) is 28.4 Å². The molecule has 0 aromatic heterocycles. The molecule has 0 fully saturated rings. The molecule has 1 rings (SSSR count). The van der Waals surface area contributed by atoms with Crippen LogP contribution in [0.25, 0.3) is 0 Å². The van der Waals surface area contributed by atoms with Crippen LogP contribution in [0.2, 0.25) is 0 Å². The summed E-state index contributed by atoms with van der Waals surface area (Å²) < 4.78 is 52.6. The highest BCUT2D eigenvalue weighted by Crippen LogP contribution is 2.21. The first-order valence-corrected chi connectivity index (χ1v) is 9.61. The fourth-order valence-electron chi connectivity index (χ4n) is 1.97. The number of halogens is 1. The number of ether oxygens (including phenoxy) is 1. The first-order valence-electron chi connectivity index (χ1n) is 6.06. The lowest BCUT2D eigenvalue weighted by Gasteiger charge is -2.12. The summed E-state index contributed by atoms with van der Waals surface area (Å²) in [7, 11) is -2.88. The fraction of sp³-hybridized carbons (Fsp3) is 0.538. The van der Waals surface area contributed by atoms with Crippen molar-refractivity contribution in [2.75, 3.05) is 24.9 Å². The summed E-state index contributed by atoms with van der Waals surface area (Å²) in [5.74, 6) is 0.267. The van der Waals surface area contributed by atoms with Gasteiger partial charge in [0.1, 0.15) is 21.4 Å². The lowest BCUT2D eigenvalue weighted by Crippen LogP contribution is -2.18. The largest absolute Gasteiger partial charge is 0.496 e. The Labute approximate surface area is 121 Å². The molecule has 0 radical (unpaired) electrons. The maximum atomic E-state index is 13.2. The maximum Gasteiger partial charge on any atom is 0.147 e. The van der Waals surface area contributed by atoms with E-state index in [4.69, 9.17) is 4.74 Å². The van der Waals surface area contributed by atoms with Gasteiger partial charge < -0.3 is 4.74 Å². The molecule has 1 aromatic rings. The van der Waals surface area contributed by atoms with E-state index in [9.17, 15) is 17.0 Å². The van der Waals surface area contributed by atoms with E-state index >= 15 is 0 Å². The summed E-state index contributed by atoms with van der Waals surface area (Å²) >= 11 is 0. The van der Waals surface area contributed by atoms with Gasteiger partial charge in [-0.15, -0.1) is 0 Å². The number of sulfone groups is 1. The highest BCUT2D eigenvalue weighted by atomic mass is 32.2. The smallest absolute Gasteiger partial charge is 0.147 e. The molecule has 2 atom stereocenters. The van der Waals surface area contributed by atoms with Gasteiger partial charge in [-0.2, -0.15) is 0 Å². The van der Waals surface area contributed by atoms with E-state index in [1.54, 1.807) is 6.92 Å². The van der Waals surface area contributed by atoms with Crippen molar-refractivity contribution in [2.45, 2.75) is 12.7 Å². The van der Waals surface area contributed by atoms with Crippen LogP contribution < -0.4 is 4.74 Å². The number of hydrogen-bond acceptors (Lipinski definition) is 4. The van der Waals surface area contributed by atoms with Gasteiger partial charge in [0.2, 0.25) is 0 Å². The van der Waals surface area contributed by atoms with Crippen molar-refractivity contribution in [1.29, 1.82) is 0 Å². The first-order chi connectivity index (χ1) is 9.21. The van der Waals surface area contributed by atoms with Crippen LogP contribution in [0, 0.1) is 11.7 Å². The molecule has 0 amide bonds. The normalized spacial score (nSPS) is 14.8. The summed E-state index contributed by atoms with van der Waals surface area (Å²) in [5, 5.41) is 0. The first kappa shape index (κ1) is 17.1. The average molecular weight is 322 g/mol.